The summed E-state index contributed by atoms with van der Waals surface area (Å²) in [7, 11) is 0. The zero-order chi connectivity index (χ0) is 13.8. The van der Waals surface area contributed by atoms with Gasteiger partial charge in [0.05, 0.1) is 18.1 Å². The fourth-order valence-electron chi connectivity index (χ4n) is 1.88. The number of nitrogen functional groups attached to an aromatic ring is 1. The molecule has 0 aromatic heterocycles. The molecule has 0 spiro atoms. The van der Waals surface area contributed by atoms with Crippen molar-refractivity contribution in [2.75, 3.05) is 23.7 Å². The Balaban J connectivity index is 3.00. The lowest BCUT2D eigenvalue weighted by molar-refractivity contribution is 0.0876. The molecule has 0 aliphatic heterocycles. The van der Waals surface area contributed by atoms with Gasteiger partial charge in [0.1, 0.15) is 0 Å². The van der Waals surface area contributed by atoms with E-state index in [0.29, 0.717) is 18.7 Å². The summed E-state index contributed by atoms with van der Waals surface area (Å²) in [6, 6.07) is 7.77. The van der Waals surface area contributed by atoms with Crippen molar-refractivity contribution in [1.29, 1.82) is 5.26 Å². The SMILES string of the molecule is CCN(CC(C)(C)O)c1ccc(N)c(CC#N)c1. The summed E-state index contributed by atoms with van der Waals surface area (Å²) in [5.74, 6) is 0. The maximum Gasteiger partial charge on any atom is 0.0765 e. The molecular formula is C14H21N3O. The third-order valence-corrected chi connectivity index (χ3v) is 2.72. The van der Waals surface area contributed by atoms with Crippen LogP contribution >= 0.6 is 0 Å². The maximum atomic E-state index is 9.89. The van der Waals surface area contributed by atoms with Gasteiger partial charge in [0.15, 0.2) is 0 Å². The van der Waals surface area contributed by atoms with E-state index in [1.54, 1.807) is 13.8 Å². The highest BCUT2D eigenvalue weighted by atomic mass is 16.3. The van der Waals surface area contributed by atoms with Crippen LogP contribution in [0.15, 0.2) is 18.2 Å². The molecule has 0 saturated heterocycles. The molecule has 0 fully saturated rings. The fraction of sp³-hybridized carbons (Fsp3) is 0.500. The monoisotopic (exact) mass is 247 g/mol. The van der Waals surface area contributed by atoms with Crippen molar-refractivity contribution in [3.63, 3.8) is 0 Å². The molecule has 98 valence electrons. The lowest BCUT2D eigenvalue weighted by Gasteiger charge is -2.30. The lowest BCUT2D eigenvalue weighted by Crippen LogP contribution is -2.38. The van der Waals surface area contributed by atoms with E-state index >= 15 is 0 Å². The Kier molecular flexibility index (Phi) is 4.57. The van der Waals surface area contributed by atoms with Crippen molar-refractivity contribution in [2.45, 2.75) is 32.8 Å². The molecule has 3 N–H and O–H groups in total. The summed E-state index contributed by atoms with van der Waals surface area (Å²) < 4.78 is 0. The minimum Gasteiger partial charge on any atom is -0.398 e. The number of likely N-dealkylation sites (N-methyl/N-ethyl adjacent to an activating group) is 1. The lowest BCUT2D eigenvalue weighted by atomic mass is 10.1. The molecule has 0 amide bonds. The predicted octanol–water partition coefficient (Wildman–Crippen LogP) is 1.93. The van der Waals surface area contributed by atoms with E-state index in [9.17, 15) is 5.11 Å². The first-order valence-electron chi connectivity index (χ1n) is 6.10. The topological polar surface area (TPSA) is 73.3 Å². The average molecular weight is 247 g/mol. The maximum absolute atomic E-state index is 9.89. The van der Waals surface area contributed by atoms with Crippen LogP contribution in [0.4, 0.5) is 11.4 Å². The molecule has 0 aliphatic carbocycles. The van der Waals surface area contributed by atoms with Crippen LogP contribution in [0, 0.1) is 11.3 Å². The fourth-order valence-corrected chi connectivity index (χ4v) is 1.88. The number of nitrogens with zero attached hydrogens (tertiary/aromatic N) is 2. The Morgan fingerprint density at radius 3 is 2.61 bits per heavy atom. The van der Waals surface area contributed by atoms with E-state index in [-0.39, 0.29) is 0 Å². The van der Waals surface area contributed by atoms with Crippen molar-refractivity contribution >= 4 is 11.4 Å². The second-order valence-corrected chi connectivity index (χ2v) is 5.04. The van der Waals surface area contributed by atoms with Gasteiger partial charge in [-0.1, -0.05) is 0 Å². The molecule has 0 radical (unpaired) electrons. The van der Waals surface area contributed by atoms with Crippen LogP contribution in [0.25, 0.3) is 0 Å². The van der Waals surface area contributed by atoms with E-state index < -0.39 is 5.60 Å². The molecule has 4 heteroatoms. The Bertz CT molecular complexity index is 443. The van der Waals surface area contributed by atoms with E-state index in [0.717, 1.165) is 17.8 Å². The highest BCUT2D eigenvalue weighted by molar-refractivity contribution is 5.59. The Labute approximate surface area is 109 Å². The number of nitrogens with two attached hydrogens (primary N) is 1. The summed E-state index contributed by atoms with van der Waals surface area (Å²) in [5, 5.41) is 18.6. The first kappa shape index (κ1) is 14.3. The van der Waals surface area contributed by atoms with E-state index in [1.165, 1.54) is 0 Å². The van der Waals surface area contributed by atoms with Crippen molar-refractivity contribution < 1.29 is 5.11 Å². The van der Waals surface area contributed by atoms with Crippen LogP contribution in [-0.4, -0.2) is 23.8 Å². The molecule has 18 heavy (non-hydrogen) atoms. The second-order valence-electron chi connectivity index (χ2n) is 5.04. The van der Waals surface area contributed by atoms with Crippen molar-refractivity contribution in [2.24, 2.45) is 0 Å². The highest BCUT2D eigenvalue weighted by Gasteiger charge is 2.18. The van der Waals surface area contributed by atoms with Gasteiger partial charge in [-0.15, -0.1) is 0 Å². The van der Waals surface area contributed by atoms with E-state index in [1.807, 2.05) is 25.1 Å². The predicted molar refractivity (Wildman–Crippen MR) is 74.4 cm³/mol. The Morgan fingerprint density at radius 1 is 1.44 bits per heavy atom. The quantitative estimate of drug-likeness (QED) is 0.780. The summed E-state index contributed by atoms with van der Waals surface area (Å²) in [6.07, 6.45) is 0.305. The summed E-state index contributed by atoms with van der Waals surface area (Å²) >= 11 is 0. The van der Waals surface area contributed by atoms with Gasteiger partial charge >= 0.3 is 0 Å². The molecule has 0 atom stereocenters. The third-order valence-electron chi connectivity index (χ3n) is 2.72. The van der Waals surface area contributed by atoms with Gasteiger partial charge < -0.3 is 15.7 Å². The smallest absolute Gasteiger partial charge is 0.0765 e. The molecule has 0 unspecified atom stereocenters. The minimum absolute atomic E-state index is 0.305. The zero-order valence-corrected chi connectivity index (χ0v) is 11.3. The van der Waals surface area contributed by atoms with Crippen LogP contribution < -0.4 is 10.6 Å². The molecule has 0 heterocycles. The largest absolute Gasteiger partial charge is 0.398 e. The van der Waals surface area contributed by atoms with E-state index in [4.69, 9.17) is 11.0 Å². The Morgan fingerprint density at radius 2 is 2.11 bits per heavy atom. The van der Waals surface area contributed by atoms with Crippen molar-refractivity contribution in [3.05, 3.63) is 23.8 Å². The normalized spacial score (nSPS) is 11.1. The van der Waals surface area contributed by atoms with Crippen LogP contribution in [0.2, 0.25) is 0 Å². The van der Waals surface area contributed by atoms with Crippen LogP contribution in [0.5, 0.6) is 0 Å². The molecule has 0 bridgehead atoms. The first-order chi connectivity index (χ1) is 8.37. The van der Waals surface area contributed by atoms with Gasteiger partial charge in [-0.25, -0.2) is 0 Å². The molecule has 1 aromatic rings. The summed E-state index contributed by atoms with van der Waals surface area (Å²) in [4.78, 5) is 2.07. The molecule has 1 rings (SSSR count). The number of anilines is 2. The van der Waals surface area contributed by atoms with Gasteiger partial charge in [-0.3, -0.25) is 0 Å². The number of aliphatic hydroxyl groups is 1. The molecule has 0 saturated carbocycles. The number of rotatable bonds is 5. The average Bonchev–Trinajstić information content (AvgIpc) is 2.28. The summed E-state index contributed by atoms with van der Waals surface area (Å²) in [5.41, 5.74) is 7.53. The van der Waals surface area contributed by atoms with Crippen molar-refractivity contribution in [1.82, 2.24) is 0 Å². The van der Waals surface area contributed by atoms with Crippen molar-refractivity contribution in [3.8, 4) is 6.07 Å². The molecule has 0 aliphatic rings. The second kappa shape index (κ2) is 5.74. The summed E-state index contributed by atoms with van der Waals surface area (Å²) in [6.45, 7) is 6.93. The molecule has 1 aromatic carbocycles. The van der Waals surface area contributed by atoms with Gasteiger partial charge in [0, 0.05) is 24.5 Å². The third kappa shape index (κ3) is 3.94. The minimum atomic E-state index is -0.757. The van der Waals surface area contributed by atoms with Gasteiger partial charge in [0.25, 0.3) is 0 Å². The number of nitriles is 1. The zero-order valence-electron chi connectivity index (χ0n) is 11.3. The van der Waals surface area contributed by atoms with Gasteiger partial charge in [-0.05, 0) is 44.5 Å². The number of benzene rings is 1. The molecule has 4 nitrogen and oxygen atoms in total. The van der Waals surface area contributed by atoms with E-state index in [2.05, 4.69) is 11.0 Å². The molecular weight excluding hydrogens is 226 g/mol. The highest BCUT2D eigenvalue weighted by Crippen LogP contribution is 2.23. The number of hydrogen-bond acceptors (Lipinski definition) is 4. The van der Waals surface area contributed by atoms with Crippen LogP contribution in [0.1, 0.15) is 26.3 Å². The standard InChI is InChI=1S/C14H21N3O/c1-4-17(10-14(2,3)18)12-5-6-13(16)11(9-12)7-8-15/h5-6,9,18H,4,7,10,16H2,1-3H3. The van der Waals surface area contributed by atoms with Crippen LogP contribution in [0.3, 0.4) is 0 Å². The van der Waals surface area contributed by atoms with Gasteiger partial charge in [0.2, 0.25) is 0 Å². The van der Waals surface area contributed by atoms with Gasteiger partial charge in [-0.2, -0.15) is 5.26 Å². The first-order valence-corrected chi connectivity index (χ1v) is 6.10. The number of hydrogen-bond donors (Lipinski definition) is 2. The van der Waals surface area contributed by atoms with Crippen LogP contribution in [-0.2, 0) is 6.42 Å². The Hall–Kier alpha value is -1.73.